The van der Waals surface area contributed by atoms with E-state index in [1.807, 2.05) is 67.5 Å². The summed E-state index contributed by atoms with van der Waals surface area (Å²) in [5, 5.41) is 13.1. The topological polar surface area (TPSA) is 78.9 Å². The van der Waals surface area contributed by atoms with E-state index in [4.69, 9.17) is 4.74 Å². The van der Waals surface area contributed by atoms with Crippen LogP contribution in [0.25, 0.3) is 11.1 Å². The fraction of sp³-hybridized carbons (Fsp3) is 0.250. The highest BCUT2D eigenvalue weighted by molar-refractivity contribution is 7.16. The van der Waals surface area contributed by atoms with E-state index < -0.39 is 18.1 Å². The molecule has 1 amide bonds. The third-order valence-corrected chi connectivity index (χ3v) is 6.70. The number of thiophene rings is 1. The Hall–Kier alpha value is -3.32. The van der Waals surface area contributed by atoms with E-state index in [-0.39, 0.29) is 18.9 Å². The van der Waals surface area contributed by atoms with Gasteiger partial charge in [-0.15, -0.1) is 11.3 Å². The number of ether oxygens (including phenoxy) is 1. The van der Waals surface area contributed by atoms with Crippen LogP contribution in [0, 0.1) is 0 Å². The summed E-state index contributed by atoms with van der Waals surface area (Å²) in [6, 6.07) is 18.9. The molecule has 3 aromatic rings. The van der Waals surface area contributed by atoms with E-state index >= 15 is 0 Å². The molecule has 160 valence electrons. The lowest BCUT2D eigenvalue weighted by Crippen LogP contribution is -2.42. The summed E-state index contributed by atoms with van der Waals surface area (Å²) in [6.07, 6.45) is -0.517. The maximum atomic E-state index is 12.4. The number of aliphatic carboxylic acids is 1. The Kier molecular flexibility index (Phi) is 5.95. The van der Waals surface area contributed by atoms with Crippen LogP contribution in [0.1, 0.15) is 21.9 Å². The molecular formula is C24H24N2O4S. The molecule has 1 aliphatic carbocycles. The number of fused-ring (bicyclic) bond motifs is 3. The van der Waals surface area contributed by atoms with Gasteiger partial charge >= 0.3 is 12.1 Å². The average Bonchev–Trinajstić information content (AvgIpc) is 3.35. The lowest BCUT2D eigenvalue weighted by atomic mass is 9.98. The molecule has 0 bridgehead atoms. The summed E-state index contributed by atoms with van der Waals surface area (Å²) in [5.41, 5.74) is 4.51. The van der Waals surface area contributed by atoms with Crippen molar-refractivity contribution in [2.24, 2.45) is 0 Å². The van der Waals surface area contributed by atoms with Gasteiger partial charge in [0.05, 0.1) is 5.00 Å². The summed E-state index contributed by atoms with van der Waals surface area (Å²) in [6.45, 7) is 0.149. The Bertz CT molecular complexity index is 1060. The van der Waals surface area contributed by atoms with Crippen LogP contribution in [0.4, 0.5) is 9.80 Å². The number of hydrogen-bond acceptors (Lipinski definition) is 5. The smallest absolute Gasteiger partial charge is 0.407 e. The quantitative estimate of drug-likeness (QED) is 0.576. The number of carbonyl (C=O) groups is 2. The molecule has 2 aromatic carbocycles. The van der Waals surface area contributed by atoms with Gasteiger partial charge in [-0.05, 0) is 34.4 Å². The molecule has 2 N–H and O–H groups in total. The van der Waals surface area contributed by atoms with Crippen LogP contribution in [0.15, 0.2) is 60.7 Å². The largest absolute Gasteiger partial charge is 0.480 e. The van der Waals surface area contributed by atoms with Gasteiger partial charge in [0.25, 0.3) is 0 Å². The van der Waals surface area contributed by atoms with Gasteiger partial charge < -0.3 is 20.1 Å². The molecule has 0 radical (unpaired) electrons. The van der Waals surface area contributed by atoms with Crippen LogP contribution in [0.2, 0.25) is 0 Å². The predicted molar refractivity (Wildman–Crippen MR) is 122 cm³/mol. The van der Waals surface area contributed by atoms with Crippen LogP contribution >= 0.6 is 11.3 Å². The van der Waals surface area contributed by atoms with Crippen molar-refractivity contribution in [2.45, 2.75) is 18.4 Å². The third-order valence-electron chi connectivity index (χ3n) is 5.43. The summed E-state index contributed by atoms with van der Waals surface area (Å²) >= 11 is 1.50. The first kappa shape index (κ1) is 20.9. The minimum absolute atomic E-state index is 0.0682. The predicted octanol–water partition coefficient (Wildman–Crippen LogP) is 4.35. The highest BCUT2D eigenvalue weighted by atomic mass is 32.1. The third kappa shape index (κ3) is 4.41. The SMILES string of the molecule is CN(C)c1ccc(CC(NC(=O)OCC2c3ccccc3-c3ccccc32)C(=O)O)s1. The number of nitrogens with one attached hydrogen (secondary N) is 1. The highest BCUT2D eigenvalue weighted by Gasteiger charge is 2.29. The highest BCUT2D eigenvalue weighted by Crippen LogP contribution is 2.44. The Morgan fingerprint density at radius 3 is 2.19 bits per heavy atom. The number of amides is 1. The zero-order chi connectivity index (χ0) is 22.0. The molecule has 1 heterocycles. The van der Waals surface area contributed by atoms with Crippen LogP contribution in [-0.2, 0) is 16.0 Å². The Labute approximate surface area is 185 Å². The van der Waals surface area contributed by atoms with Crippen LogP contribution in [0.3, 0.4) is 0 Å². The van der Waals surface area contributed by atoms with Crippen molar-refractivity contribution in [3.05, 3.63) is 76.7 Å². The van der Waals surface area contributed by atoms with Crippen molar-refractivity contribution >= 4 is 28.4 Å². The molecule has 1 aliphatic rings. The number of carboxylic acids is 1. The number of carboxylic acid groups (broad SMARTS) is 1. The van der Waals surface area contributed by atoms with Gasteiger partial charge in [-0.2, -0.15) is 0 Å². The molecule has 1 aromatic heterocycles. The van der Waals surface area contributed by atoms with Gasteiger partial charge in [0, 0.05) is 31.3 Å². The number of anilines is 1. The Balaban J connectivity index is 1.41. The van der Waals surface area contributed by atoms with Gasteiger partial charge in [0.2, 0.25) is 0 Å². The Morgan fingerprint density at radius 1 is 1.03 bits per heavy atom. The number of carbonyl (C=O) groups excluding carboxylic acids is 1. The number of benzene rings is 2. The second-order valence-corrected chi connectivity index (χ2v) is 8.85. The van der Waals surface area contributed by atoms with E-state index in [1.165, 1.54) is 11.3 Å². The Morgan fingerprint density at radius 2 is 1.65 bits per heavy atom. The van der Waals surface area contributed by atoms with Gasteiger partial charge in [0.15, 0.2) is 0 Å². The molecular weight excluding hydrogens is 412 g/mol. The van der Waals surface area contributed by atoms with Crippen molar-refractivity contribution < 1.29 is 19.4 Å². The standard InChI is InChI=1S/C24H24N2O4S/c1-26(2)22-12-11-15(31-22)13-21(23(27)28)25-24(29)30-14-20-18-9-5-3-7-16(18)17-8-4-6-10-19(17)20/h3-12,20-21H,13-14H2,1-2H3,(H,25,29)(H,27,28). The van der Waals surface area contributed by atoms with Crippen molar-refractivity contribution in [1.29, 1.82) is 0 Å². The van der Waals surface area contributed by atoms with E-state index in [0.29, 0.717) is 0 Å². The summed E-state index contributed by atoms with van der Waals surface area (Å²) in [7, 11) is 3.86. The number of alkyl carbamates (subject to hydrolysis) is 1. The first-order valence-electron chi connectivity index (χ1n) is 10.0. The molecule has 6 nitrogen and oxygen atoms in total. The molecule has 31 heavy (non-hydrogen) atoms. The monoisotopic (exact) mass is 436 g/mol. The van der Waals surface area contributed by atoms with Gasteiger partial charge in [0.1, 0.15) is 12.6 Å². The fourth-order valence-electron chi connectivity index (χ4n) is 3.90. The second-order valence-electron chi connectivity index (χ2n) is 7.70. The van der Waals surface area contributed by atoms with E-state index in [2.05, 4.69) is 17.4 Å². The molecule has 0 fully saturated rings. The van der Waals surface area contributed by atoms with Crippen LogP contribution in [-0.4, -0.2) is 43.9 Å². The first-order valence-corrected chi connectivity index (χ1v) is 10.9. The summed E-state index contributed by atoms with van der Waals surface area (Å²) in [4.78, 5) is 27.0. The molecule has 4 rings (SSSR count). The lowest BCUT2D eigenvalue weighted by molar-refractivity contribution is -0.139. The van der Waals surface area contributed by atoms with Crippen molar-refractivity contribution in [1.82, 2.24) is 5.32 Å². The normalized spacial score (nSPS) is 13.2. The van der Waals surface area contributed by atoms with E-state index in [0.717, 1.165) is 32.1 Å². The lowest BCUT2D eigenvalue weighted by Gasteiger charge is -2.17. The maximum Gasteiger partial charge on any atom is 0.407 e. The fourth-order valence-corrected chi connectivity index (χ4v) is 4.87. The van der Waals surface area contributed by atoms with Gasteiger partial charge in [-0.3, -0.25) is 0 Å². The maximum absolute atomic E-state index is 12.4. The molecule has 1 unspecified atom stereocenters. The molecule has 0 saturated carbocycles. The number of hydrogen-bond donors (Lipinski definition) is 2. The number of nitrogens with zero attached hydrogens (tertiary/aromatic N) is 1. The van der Waals surface area contributed by atoms with Crippen LogP contribution < -0.4 is 10.2 Å². The number of rotatable bonds is 7. The zero-order valence-corrected chi connectivity index (χ0v) is 18.2. The molecule has 0 aliphatic heterocycles. The minimum Gasteiger partial charge on any atom is -0.480 e. The molecule has 0 saturated heterocycles. The second kappa shape index (κ2) is 8.81. The van der Waals surface area contributed by atoms with Gasteiger partial charge in [-0.25, -0.2) is 9.59 Å². The van der Waals surface area contributed by atoms with Crippen molar-refractivity contribution in [3.63, 3.8) is 0 Å². The van der Waals surface area contributed by atoms with E-state index in [9.17, 15) is 14.7 Å². The van der Waals surface area contributed by atoms with Crippen molar-refractivity contribution in [3.8, 4) is 11.1 Å². The zero-order valence-electron chi connectivity index (χ0n) is 17.4. The van der Waals surface area contributed by atoms with Crippen LogP contribution in [0.5, 0.6) is 0 Å². The van der Waals surface area contributed by atoms with E-state index in [1.54, 1.807) is 0 Å². The first-order chi connectivity index (χ1) is 14.9. The molecule has 1 atom stereocenters. The molecule has 7 heteroatoms. The average molecular weight is 437 g/mol. The van der Waals surface area contributed by atoms with Crippen molar-refractivity contribution in [2.75, 3.05) is 25.6 Å². The summed E-state index contributed by atoms with van der Waals surface area (Å²) in [5.74, 6) is -1.16. The van der Waals surface area contributed by atoms with Gasteiger partial charge in [-0.1, -0.05) is 48.5 Å². The molecule has 0 spiro atoms. The summed E-state index contributed by atoms with van der Waals surface area (Å²) < 4.78 is 5.48. The minimum atomic E-state index is -1.09.